The molecule has 1 aliphatic rings. The average molecular weight is 362 g/mol. The number of halogens is 1. The summed E-state index contributed by atoms with van der Waals surface area (Å²) < 4.78 is 1.22. The van der Waals surface area contributed by atoms with Crippen LogP contribution in [0.3, 0.4) is 0 Å². The molecule has 1 N–H and O–H groups in total. The van der Waals surface area contributed by atoms with Crippen molar-refractivity contribution in [1.82, 2.24) is 24.9 Å². The molecule has 0 radical (unpaired) electrons. The van der Waals surface area contributed by atoms with Crippen LogP contribution in [0.25, 0.3) is 0 Å². The molecule has 7 nitrogen and oxygen atoms in total. The van der Waals surface area contributed by atoms with Crippen molar-refractivity contribution in [3.63, 3.8) is 0 Å². The fraction of sp³-hybridized carbons (Fsp3) is 0.353. The number of carbonyl (C=O) groups excluding carboxylic acids is 2. The SMILES string of the molecule is CNC(=O)c1ccn(C(=O)N2CCN(Cc3ccc(Cl)cc3)CC2)n1. The average Bonchev–Trinajstić information content (AvgIpc) is 3.13. The molecule has 1 aromatic heterocycles. The molecule has 1 aromatic carbocycles. The molecule has 1 saturated heterocycles. The number of aromatic nitrogens is 2. The molecule has 8 heteroatoms. The Morgan fingerprint density at radius 2 is 1.80 bits per heavy atom. The predicted octanol–water partition coefficient (Wildman–Crippen LogP) is 1.68. The molecule has 0 bridgehead atoms. The molecule has 0 atom stereocenters. The van der Waals surface area contributed by atoms with Crippen molar-refractivity contribution in [3.8, 4) is 0 Å². The molecule has 0 aliphatic carbocycles. The topological polar surface area (TPSA) is 70.5 Å². The third kappa shape index (κ3) is 4.18. The Balaban J connectivity index is 1.54. The number of rotatable bonds is 3. The van der Waals surface area contributed by atoms with Crippen molar-refractivity contribution in [3.05, 3.63) is 52.8 Å². The summed E-state index contributed by atoms with van der Waals surface area (Å²) >= 11 is 5.91. The van der Waals surface area contributed by atoms with Crippen LogP contribution < -0.4 is 5.32 Å². The summed E-state index contributed by atoms with van der Waals surface area (Å²) in [5.41, 5.74) is 1.43. The van der Waals surface area contributed by atoms with Gasteiger partial charge in [0.05, 0.1) is 0 Å². The minimum absolute atomic E-state index is 0.207. The zero-order valence-corrected chi connectivity index (χ0v) is 14.7. The van der Waals surface area contributed by atoms with Gasteiger partial charge in [0.1, 0.15) is 0 Å². The number of hydrogen-bond donors (Lipinski definition) is 1. The van der Waals surface area contributed by atoms with Crippen LogP contribution in [-0.4, -0.2) is 64.7 Å². The van der Waals surface area contributed by atoms with E-state index in [1.165, 1.54) is 29.6 Å². The van der Waals surface area contributed by atoms with Gasteiger partial charge in [0.15, 0.2) is 5.69 Å². The first-order chi connectivity index (χ1) is 12.1. The van der Waals surface area contributed by atoms with Crippen molar-refractivity contribution in [2.45, 2.75) is 6.54 Å². The van der Waals surface area contributed by atoms with Crippen molar-refractivity contribution in [2.24, 2.45) is 0 Å². The van der Waals surface area contributed by atoms with Gasteiger partial charge >= 0.3 is 6.03 Å². The van der Waals surface area contributed by atoms with Gasteiger partial charge in [0.25, 0.3) is 5.91 Å². The zero-order valence-electron chi connectivity index (χ0n) is 14.0. The molecule has 0 unspecified atom stereocenters. The standard InChI is InChI=1S/C17H20ClN5O2/c1-19-16(24)15-6-7-23(20-15)17(25)22-10-8-21(9-11-22)12-13-2-4-14(18)5-3-13/h2-7H,8-12H2,1H3,(H,19,24). The first kappa shape index (κ1) is 17.4. The summed E-state index contributed by atoms with van der Waals surface area (Å²) in [7, 11) is 1.53. The molecular formula is C17H20ClN5O2. The summed E-state index contributed by atoms with van der Waals surface area (Å²) in [4.78, 5) is 28.1. The molecule has 0 spiro atoms. The lowest BCUT2D eigenvalue weighted by Crippen LogP contribution is -2.49. The van der Waals surface area contributed by atoms with Crippen molar-refractivity contribution >= 4 is 23.5 Å². The number of piperazine rings is 1. The zero-order chi connectivity index (χ0) is 17.8. The van der Waals surface area contributed by atoms with Crippen LogP contribution in [0.15, 0.2) is 36.5 Å². The number of benzene rings is 1. The van der Waals surface area contributed by atoms with E-state index in [9.17, 15) is 9.59 Å². The molecule has 1 fully saturated rings. The minimum Gasteiger partial charge on any atom is -0.354 e. The van der Waals surface area contributed by atoms with Crippen LogP contribution in [-0.2, 0) is 6.54 Å². The Bertz CT molecular complexity index is 751. The summed E-state index contributed by atoms with van der Waals surface area (Å²) in [5.74, 6) is -0.306. The highest BCUT2D eigenvalue weighted by Crippen LogP contribution is 2.13. The lowest BCUT2D eigenvalue weighted by molar-refractivity contribution is 0.0957. The van der Waals surface area contributed by atoms with Gasteiger partial charge < -0.3 is 10.2 Å². The van der Waals surface area contributed by atoms with Crippen molar-refractivity contribution < 1.29 is 9.59 Å². The third-order valence-electron chi connectivity index (χ3n) is 4.21. The number of hydrogen-bond acceptors (Lipinski definition) is 4. The second kappa shape index (κ2) is 7.67. The van der Waals surface area contributed by atoms with E-state index in [4.69, 9.17) is 11.6 Å². The highest BCUT2D eigenvalue weighted by molar-refractivity contribution is 6.30. The van der Waals surface area contributed by atoms with E-state index in [1.54, 1.807) is 4.90 Å². The number of carbonyl (C=O) groups is 2. The van der Waals surface area contributed by atoms with Gasteiger partial charge in [-0.15, -0.1) is 0 Å². The van der Waals surface area contributed by atoms with Crippen LogP contribution in [0.1, 0.15) is 16.1 Å². The highest BCUT2D eigenvalue weighted by Gasteiger charge is 2.23. The lowest BCUT2D eigenvalue weighted by atomic mass is 10.2. The minimum atomic E-state index is -0.306. The quantitative estimate of drug-likeness (QED) is 0.903. The monoisotopic (exact) mass is 361 g/mol. The summed E-state index contributed by atoms with van der Waals surface area (Å²) in [6.07, 6.45) is 1.52. The summed E-state index contributed by atoms with van der Waals surface area (Å²) in [6.45, 7) is 3.67. The molecule has 1 aliphatic heterocycles. The maximum atomic E-state index is 12.5. The van der Waals surface area contributed by atoms with Gasteiger partial charge in [-0.05, 0) is 23.8 Å². The van der Waals surface area contributed by atoms with Gasteiger partial charge in [-0.3, -0.25) is 9.69 Å². The largest absolute Gasteiger partial charge is 0.354 e. The van der Waals surface area contributed by atoms with Crippen LogP contribution >= 0.6 is 11.6 Å². The van der Waals surface area contributed by atoms with E-state index in [2.05, 4.69) is 15.3 Å². The molecule has 2 heterocycles. The van der Waals surface area contributed by atoms with E-state index in [0.29, 0.717) is 13.1 Å². The van der Waals surface area contributed by atoms with Gasteiger partial charge in [0.2, 0.25) is 0 Å². The smallest absolute Gasteiger partial charge is 0.344 e. The molecule has 3 rings (SSSR count). The Kier molecular flexibility index (Phi) is 5.35. The van der Waals surface area contributed by atoms with Gasteiger partial charge in [-0.1, -0.05) is 23.7 Å². The second-order valence-electron chi connectivity index (χ2n) is 5.90. The predicted molar refractivity (Wildman–Crippen MR) is 94.7 cm³/mol. The fourth-order valence-electron chi connectivity index (χ4n) is 2.77. The molecule has 2 aromatic rings. The summed E-state index contributed by atoms with van der Waals surface area (Å²) in [5, 5.41) is 7.26. The molecule has 25 heavy (non-hydrogen) atoms. The third-order valence-corrected chi connectivity index (χ3v) is 4.46. The van der Waals surface area contributed by atoms with Crippen LogP contribution in [0.5, 0.6) is 0 Å². The van der Waals surface area contributed by atoms with E-state index in [1.807, 2.05) is 24.3 Å². The first-order valence-electron chi connectivity index (χ1n) is 8.10. The number of nitrogens with zero attached hydrogens (tertiary/aromatic N) is 4. The maximum Gasteiger partial charge on any atom is 0.344 e. The van der Waals surface area contributed by atoms with E-state index < -0.39 is 0 Å². The molecular weight excluding hydrogens is 342 g/mol. The van der Waals surface area contributed by atoms with Crippen molar-refractivity contribution in [1.29, 1.82) is 0 Å². The van der Waals surface area contributed by atoms with E-state index in [-0.39, 0.29) is 17.6 Å². The molecule has 2 amide bonds. The maximum absolute atomic E-state index is 12.5. The second-order valence-corrected chi connectivity index (χ2v) is 6.33. The van der Waals surface area contributed by atoms with Gasteiger partial charge in [-0.2, -0.15) is 9.78 Å². The van der Waals surface area contributed by atoms with Crippen LogP contribution in [0.2, 0.25) is 5.02 Å². The summed E-state index contributed by atoms with van der Waals surface area (Å²) in [6, 6.07) is 9.14. The van der Waals surface area contributed by atoms with Crippen LogP contribution in [0.4, 0.5) is 4.79 Å². The normalized spacial score (nSPS) is 15.2. The van der Waals surface area contributed by atoms with Crippen LogP contribution in [0, 0.1) is 0 Å². The Morgan fingerprint density at radius 3 is 2.44 bits per heavy atom. The first-order valence-corrected chi connectivity index (χ1v) is 8.48. The van der Waals surface area contributed by atoms with Crippen molar-refractivity contribution in [2.75, 3.05) is 33.2 Å². The Hall–Kier alpha value is -2.38. The highest BCUT2D eigenvalue weighted by atomic mass is 35.5. The number of nitrogens with one attached hydrogen (secondary N) is 1. The lowest BCUT2D eigenvalue weighted by Gasteiger charge is -2.34. The van der Waals surface area contributed by atoms with E-state index in [0.717, 1.165) is 24.7 Å². The Morgan fingerprint density at radius 1 is 1.12 bits per heavy atom. The number of amides is 2. The van der Waals surface area contributed by atoms with Gasteiger partial charge in [0, 0.05) is 51.0 Å². The molecule has 132 valence electrons. The fourth-order valence-corrected chi connectivity index (χ4v) is 2.90. The van der Waals surface area contributed by atoms with E-state index >= 15 is 0 Å². The Labute approximate surface area is 151 Å². The van der Waals surface area contributed by atoms with Gasteiger partial charge in [-0.25, -0.2) is 4.79 Å². The molecule has 0 saturated carbocycles.